The van der Waals surface area contributed by atoms with E-state index in [1.807, 2.05) is 14.1 Å². The van der Waals surface area contributed by atoms with E-state index < -0.39 is 15.2 Å². The van der Waals surface area contributed by atoms with Crippen LogP contribution in [0.3, 0.4) is 0 Å². The molecule has 2 fully saturated rings. The van der Waals surface area contributed by atoms with Gasteiger partial charge in [-0.25, -0.2) is 13.4 Å². The molecule has 0 bridgehead atoms. The summed E-state index contributed by atoms with van der Waals surface area (Å²) < 4.78 is 31.2. The second-order valence-corrected chi connectivity index (χ2v) is 11.9. The molecule has 2 aromatic rings. The molecule has 2 unspecified atom stereocenters. The van der Waals surface area contributed by atoms with Crippen LogP contribution in [-0.4, -0.2) is 106 Å². The molecule has 0 aliphatic carbocycles. The Balaban J connectivity index is 1.54. The number of piperazine rings is 1. The summed E-state index contributed by atoms with van der Waals surface area (Å²) in [5.41, 5.74) is 0.857. The van der Waals surface area contributed by atoms with Crippen molar-refractivity contribution in [2.45, 2.75) is 18.0 Å². The normalized spacial score (nSPS) is 22.4. The molecule has 0 radical (unpaired) electrons. The van der Waals surface area contributed by atoms with Crippen molar-refractivity contribution in [3.8, 4) is 0 Å². The van der Waals surface area contributed by atoms with E-state index >= 15 is 0 Å². The fourth-order valence-electron chi connectivity index (χ4n) is 4.44. The number of hydrogen-bond donors (Lipinski definition) is 1. The third-order valence-corrected chi connectivity index (χ3v) is 8.55. The van der Waals surface area contributed by atoms with Gasteiger partial charge in [0.1, 0.15) is 5.37 Å². The van der Waals surface area contributed by atoms with E-state index in [1.165, 1.54) is 11.1 Å². The summed E-state index contributed by atoms with van der Waals surface area (Å²) in [7, 11) is 0.414. The van der Waals surface area contributed by atoms with Crippen molar-refractivity contribution in [1.82, 2.24) is 25.1 Å². The zero-order valence-corrected chi connectivity index (χ0v) is 20.4. The minimum atomic E-state index is -3.21. The lowest BCUT2D eigenvalue weighted by atomic mass is 10.2. The van der Waals surface area contributed by atoms with Gasteiger partial charge >= 0.3 is 0 Å². The van der Waals surface area contributed by atoms with Gasteiger partial charge in [-0.2, -0.15) is 4.98 Å². The van der Waals surface area contributed by atoms with Gasteiger partial charge in [0.05, 0.1) is 23.4 Å². The Morgan fingerprint density at radius 3 is 2.74 bits per heavy atom. The highest BCUT2D eigenvalue weighted by atomic mass is 35.5. The number of thiophene rings is 1. The lowest BCUT2D eigenvalue weighted by Crippen LogP contribution is -2.60. The molecule has 4 rings (SSSR count). The lowest BCUT2D eigenvalue weighted by Gasteiger charge is -2.39. The van der Waals surface area contributed by atoms with Gasteiger partial charge in [-0.3, -0.25) is 9.80 Å². The molecule has 2 aliphatic heterocycles. The highest BCUT2D eigenvalue weighted by molar-refractivity contribution is 7.91. The van der Waals surface area contributed by atoms with Gasteiger partial charge in [0.25, 0.3) is 0 Å². The van der Waals surface area contributed by atoms with Crippen LogP contribution >= 0.6 is 22.9 Å². The van der Waals surface area contributed by atoms with Gasteiger partial charge in [-0.05, 0) is 31.8 Å². The van der Waals surface area contributed by atoms with Crippen LogP contribution in [-0.2, 0) is 21.1 Å². The standard InChI is InChI=1S/C19H29ClN6O3S2/c1-24(2)18(31(3,27)28)15-12-25(5-4-21-15)11-13-10-14-16(30-13)17(23-19(20)22-14)26-6-8-29-9-7-26/h10,15,18,21H,4-9,11-12H2,1-3H3. The molecule has 31 heavy (non-hydrogen) atoms. The first-order valence-electron chi connectivity index (χ1n) is 10.3. The average molecular weight is 489 g/mol. The van der Waals surface area contributed by atoms with Gasteiger partial charge < -0.3 is 15.0 Å². The fourth-order valence-corrected chi connectivity index (χ4v) is 7.31. The molecule has 0 spiro atoms. The molecule has 2 aromatic heterocycles. The summed E-state index contributed by atoms with van der Waals surface area (Å²) >= 11 is 7.90. The molecule has 0 amide bonds. The maximum absolute atomic E-state index is 12.3. The van der Waals surface area contributed by atoms with Crippen LogP contribution in [0, 0.1) is 0 Å². The van der Waals surface area contributed by atoms with Crippen LogP contribution in [0.5, 0.6) is 0 Å². The first kappa shape index (κ1) is 23.1. The number of ether oxygens (including phenoxy) is 1. The van der Waals surface area contributed by atoms with Crippen LogP contribution in [0.4, 0.5) is 5.82 Å². The highest BCUT2D eigenvalue weighted by Gasteiger charge is 2.35. The number of aromatic nitrogens is 2. The minimum Gasteiger partial charge on any atom is -0.378 e. The molecule has 0 saturated carbocycles. The molecular weight excluding hydrogens is 460 g/mol. The number of hydrogen-bond acceptors (Lipinski definition) is 10. The number of nitrogens with one attached hydrogen (secondary N) is 1. The van der Waals surface area contributed by atoms with Crippen molar-refractivity contribution in [2.24, 2.45) is 0 Å². The van der Waals surface area contributed by atoms with Crippen LogP contribution in [0.15, 0.2) is 6.07 Å². The molecule has 1 N–H and O–H groups in total. The second kappa shape index (κ2) is 9.42. The van der Waals surface area contributed by atoms with E-state index in [0.29, 0.717) is 19.8 Å². The quantitative estimate of drug-likeness (QED) is 0.595. The Bertz CT molecular complexity index is 1030. The Hall–Kier alpha value is -1.08. The van der Waals surface area contributed by atoms with Crippen LogP contribution < -0.4 is 10.2 Å². The van der Waals surface area contributed by atoms with Gasteiger partial charge in [-0.15, -0.1) is 11.3 Å². The number of anilines is 1. The molecule has 0 aromatic carbocycles. The Morgan fingerprint density at radius 2 is 2.06 bits per heavy atom. The Morgan fingerprint density at radius 1 is 1.32 bits per heavy atom. The SMILES string of the molecule is CN(C)C(C1CN(Cc2cc3nc(Cl)nc(N4CCOCC4)c3s2)CCN1)S(C)(=O)=O. The molecule has 172 valence electrons. The van der Waals surface area contributed by atoms with Crippen molar-refractivity contribution in [3.05, 3.63) is 16.2 Å². The molecule has 4 heterocycles. The van der Waals surface area contributed by atoms with E-state index in [9.17, 15) is 8.42 Å². The molecule has 9 nitrogen and oxygen atoms in total. The largest absolute Gasteiger partial charge is 0.378 e. The Kier molecular flexibility index (Phi) is 7.02. The molecule has 12 heteroatoms. The summed E-state index contributed by atoms with van der Waals surface area (Å²) in [6, 6.07) is 1.93. The zero-order valence-electron chi connectivity index (χ0n) is 18.0. The van der Waals surface area contributed by atoms with Crippen LogP contribution in [0.1, 0.15) is 4.88 Å². The van der Waals surface area contributed by atoms with Gasteiger partial charge in [-0.1, -0.05) is 0 Å². The predicted molar refractivity (Wildman–Crippen MR) is 125 cm³/mol. The van der Waals surface area contributed by atoms with E-state index in [1.54, 1.807) is 16.2 Å². The monoisotopic (exact) mass is 488 g/mol. The summed E-state index contributed by atoms with van der Waals surface area (Å²) in [4.78, 5) is 16.4. The first-order valence-corrected chi connectivity index (χ1v) is 13.5. The second-order valence-electron chi connectivity index (χ2n) is 8.32. The van der Waals surface area contributed by atoms with Gasteiger partial charge in [0.2, 0.25) is 5.28 Å². The van der Waals surface area contributed by atoms with E-state index in [-0.39, 0.29) is 11.3 Å². The number of sulfone groups is 1. The van der Waals surface area contributed by atoms with Crippen molar-refractivity contribution in [2.75, 3.05) is 71.2 Å². The molecule has 2 aliphatic rings. The zero-order chi connectivity index (χ0) is 22.2. The number of morpholine rings is 1. The average Bonchev–Trinajstić information content (AvgIpc) is 3.09. The number of fused-ring (bicyclic) bond motifs is 1. The number of likely N-dealkylation sites (N-methyl/N-ethyl adjacent to an activating group) is 1. The van der Waals surface area contributed by atoms with Crippen LogP contribution in [0.2, 0.25) is 5.28 Å². The number of nitrogens with zero attached hydrogens (tertiary/aromatic N) is 5. The van der Waals surface area contributed by atoms with E-state index in [2.05, 4.69) is 31.2 Å². The smallest absolute Gasteiger partial charge is 0.224 e. The van der Waals surface area contributed by atoms with Crippen molar-refractivity contribution in [1.29, 1.82) is 0 Å². The summed E-state index contributed by atoms with van der Waals surface area (Å²) in [5.74, 6) is 0.873. The maximum Gasteiger partial charge on any atom is 0.224 e. The third-order valence-electron chi connectivity index (χ3n) is 5.65. The summed E-state index contributed by atoms with van der Waals surface area (Å²) in [6.07, 6.45) is 1.31. The molecule has 2 saturated heterocycles. The topological polar surface area (TPSA) is 90.9 Å². The van der Waals surface area contributed by atoms with E-state index in [0.717, 1.165) is 48.8 Å². The summed E-state index contributed by atoms with van der Waals surface area (Å²) in [6.45, 7) is 5.93. The fraction of sp³-hybridized carbons (Fsp3) is 0.684. The number of halogens is 1. The van der Waals surface area contributed by atoms with Crippen molar-refractivity contribution < 1.29 is 13.2 Å². The predicted octanol–water partition coefficient (Wildman–Crippen LogP) is 0.887. The summed E-state index contributed by atoms with van der Waals surface area (Å²) in [5, 5.41) is 3.08. The van der Waals surface area contributed by atoms with Gasteiger partial charge in [0, 0.05) is 56.4 Å². The lowest BCUT2D eigenvalue weighted by molar-refractivity contribution is 0.122. The van der Waals surface area contributed by atoms with Gasteiger partial charge in [0.15, 0.2) is 15.7 Å². The maximum atomic E-state index is 12.3. The minimum absolute atomic E-state index is 0.147. The highest BCUT2D eigenvalue weighted by Crippen LogP contribution is 2.34. The Labute approximate surface area is 192 Å². The van der Waals surface area contributed by atoms with Crippen LogP contribution in [0.25, 0.3) is 10.2 Å². The third kappa shape index (κ3) is 5.29. The number of rotatable bonds is 6. The first-order chi connectivity index (χ1) is 14.7. The molecular formula is C19H29ClN6O3S2. The van der Waals surface area contributed by atoms with Crippen molar-refractivity contribution >= 4 is 48.8 Å². The molecule has 2 atom stereocenters. The van der Waals surface area contributed by atoms with E-state index in [4.69, 9.17) is 16.3 Å². The van der Waals surface area contributed by atoms with Crippen molar-refractivity contribution in [3.63, 3.8) is 0 Å².